The Kier molecular flexibility index (Phi) is 15.7. The van der Waals surface area contributed by atoms with Gasteiger partial charge < -0.3 is 55.0 Å². The van der Waals surface area contributed by atoms with Gasteiger partial charge in [-0.25, -0.2) is 0 Å². The van der Waals surface area contributed by atoms with Gasteiger partial charge in [0.1, 0.15) is 17.8 Å². The molecule has 15 N–H and O–H groups in total. The van der Waals surface area contributed by atoms with Crippen LogP contribution in [0, 0.1) is 0 Å². The van der Waals surface area contributed by atoms with Crippen molar-refractivity contribution in [3.63, 3.8) is 0 Å². The van der Waals surface area contributed by atoms with Gasteiger partial charge in [-0.3, -0.25) is 19.2 Å². The van der Waals surface area contributed by atoms with Crippen molar-refractivity contribution in [1.29, 1.82) is 0 Å². The Morgan fingerprint density at radius 1 is 0.875 bits per heavy atom. The molecule has 0 saturated carbocycles. The van der Waals surface area contributed by atoms with Gasteiger partial charge in [0.2, 0.25) is 23.6 Å². The normalized spacial score (nSPS) is 19.6. The van der Waals surface area contributed by atoms with Crippen LogP contribution in [0.5, 0.6) is 5.75 Å². The minimum Gasteiger partial charge on any atom is -0.508 e. The van der Waals surface area contributed by atoms with Crippen LogP contribution < -0.4 is 49.9 Å². The van der Waals surface area contributed by atoms with Crippen molar-refractivity contribution in [3.05, 3.63) is 53.6 Å². The lowest BCUT2D eigenvalue weighted by molar-refractivity contribution is -0.132. The Morgan fingerprint density at radius 3 is 2.38 bits per heavy atom. The number of carbonyl (C=O) groups excluding carboxylic acids is 4. The second-order valence-electron chi connectivity index (χ2n) is 12.4. The molecule has 0 aliphatic carbocycles. The Morgan fingerprint density at radius 2 is 1.62 bits per heavy atom. The predicted molar refractivity (Wildman–Crippen MR) is 185 cm³/mol. The van der Waals surface area contributed by atoms with Crippen LogP contribution in [0.15, 0.2) is 42.5 Å². The van der Waals surface area contributed by atoms with Crippen LogP contribution >= 0.6 is 0 Å². The second-order valence-corrected chi connectivity index (χ2v) is 12.4. The van der Waals surface area contributed by atoms with Crippen molar-refractivity contribution in [3.8, 4) is 16.9 Å². The average molecular weight is 668 g/mol. The zero-order valence-electron chi connectivity index (χ0n) is 27.6. The van der Waals surface area contributed by atoms with Gasteiger partial charge in [-0.05, 0) is 92.4 Å². The molecule has 1 aliphatic heterocycles. The van der Waals surface area contributed by atoms with E-state index in [2.05, 4.69) is 21.3 Å². The largest absolute Gasteiger partial charge is 0.508 e. The number of hydrogen-bond donors (Lipinski definition) is 10. The minimum atomic E-state index is -1.03. The topological polar surface area (TPSA) is 267 Å². The molecular weight excluding hydrogens is 614 g/mol. The van der Waals surface area contributed by atoms with Crippen LogP contribution in [0.2, 0.25) is 0 Å². The molecule has 0 fully saturated rings. The number of aromatic hydroxyl groups is 1. The summed E-state index contributed by atoms with van der Waals surface area (Å²) in [6.45, 7) is 1.49. The van der Waals surface area contributed by atoms with Crippen molar-refractivity contribution < 1.29 is 24.3 Å². The van der Waals surface area contributed by atoms with Gasteiger partial charge in [-0.2, -0.15) is 0 Å². The molecular formula is C34H53N9O5. The van der Waals surface area contributed by atoms with Crippen molar-refractivity contribution in [1.82, 2.24) is 21.3 Å². The fraction of sp³-hybridized carbons (Fsp3) is 0.529. The number of carbonyl (C=O) groups is 4. The van der Waals surface area contributed by atoms with Crippen molar-refractivity contribution in [2.24, 2.45) is 28.7 Å². The first-order valence-electron chi connectivity index (χ1n) is 16.8. The van der Waals surface area contributed by atoms with Gasteiger partial charge in [0.05, 0.1) is 12.1 Å². The summed E-state index contributed by atoms with van der Waals surface area (Å²) in [5.74, 6) is -1.74. The van der Waals surface area contributed by atoms with Crippen molar-refractivity contribution in [2.75, 3.05) is 26.2 Å². The van der Waals surface area contributed by atoms with E-state index >= 15 is 0 Å². The van der Waals surface area contributed by atoms with Crippen LogP contribution in [-0.4, -0.2) is 85.1 Å². The van der Waals surface area contributed by atoms with E-state index < -0.39 is 36.0 Å². The molecule has 0 spiro atoms. The Balaban J connectivity index is 1.70. The molecule has 1 heterocycles. The zero-order valence-corrected chi connectivity index (χ0v) is 27.6. The molecule has 14 heteroatoms. The van der Waals surface area contributed by atoms with E-state index in [9.17, 15) is 24.3 Å². The molecule has 2 aromatic carbocycles. The van der Waals surface area contributed by atoms with Gasteiger partial charge in [0, 0.05) is 32.0 Å². The molecule has 3 rings (SSSR count). The van der Waals surface area contributed by atoms with Gasteiger partial charge in [0.25, 0.3) is 0 Å². The zero-order chi connectivity index (χ0) is 35.1. The number of benzene rings is 2. The first kappa shape index (κ1) is 38.4. The number of fused-ring (bicyclic) bond motifs is 5. The highest BCUT2D eigenvalue weighted by Crippen LogP contribution is 2.28. The van der Waals surface area contributed by atoms with Crippen LogP contribution in [0.3, 0.4) is 0 Å². The molecule has 0 radical (unpaired) electrons. The minimum absolute atomic E-state index is 0.0145. The molecule has 48 heavy (non-hydrogen) atoms. The summed E-state index contributed by atoms with van der Waals surface area (Å²) in [6, 6.07) is 8.85. The van der Waals surface area contributed by atoms with Crippen LogP contribution in [0.25, 0.3) is 11.1 Å². The fourth-order valence-electron chi connectivity index (χ4n) is 5.52. The SMILES string of the molecule is NCCC[C@H](N)CNC(=O)[C@@H](N)CCCCNC(=O)[C@@H]1Cc2cccc(c2)-c2ccc(O)c(c2)C[C@H](N)C(=O)N[C@@H](CCCN)C(=O)N1. The summed E-state index contributed by atoms with van der Waals surface area (Å²) in [6.07, 6.45) is 4.03. The predicted octanol–water partition coefficient (Wildman–Crippen LogP) is -1.01. The van der Waals surface area contributed by atoms with Crippen LogP contribution in [0.4, 0.5) is 0 Å². The summed E-state index contributed by atoms with van der Waals surface area (Å²) in [4.78, 5) is 52.4. The number of unbranched alkanes of at least 4 members (excludes halogenated alkanes) is 1. The highest BCUT2D eigenvalue weighted by atomic mass is 16.3. The van der Waals surface area contributed by atoms with E-state index in [4.69, 9.17) is 28.7 Å². The Labute approximate surface area is 282 Å². The lowest BCUT2D eigenvalue weighted by Crippen LogP contribution is -2.56. The molecule has 0 saturated heterocycles. The number of phenols is 1. The maximum atomic E-state index is 13.5. The standard InChI is InChI=1S/C34H53N9O5/c35-13-4-8-25(37)20-41-31(45)26(38)9-1-2-15-40-33(47)29-17-21-6-3-7-22(16-21)23-11-12-30(44)24(18-23)19-27(39)32(46)42-28(10-5-14-36)34(48)43-29/h3,6-7,11-12,16,18,25-29,44H,1-2,4-5,8-10,13-15,17,19-20,35-39H2,(H,40,47)(H,41,45)(H,42,46)(H,43,48)/t25-,26-,27-,28-,29-/m0/s1. The molecule has 5 atom stereocenters. The molecule has 1 aliphatic rings. The average Bonchev–Trinajstić information content (AvgIpc) is 3.07. The smallest absolute Gasteiger partial charge is 0.243 e. The quantitative estimate of drug-likeness (QED) is 0.103. The maximum absolute atomic E-state index is 13.5. The van der Waals surface area contributed by atoms with Crippen molar-refractivity contribution in [2.45, 2.75) is 88.0 Å². The van der Waals surface area contributed by atoms with Gasteiger partial charge >= 0.3 is 0 Å². The summed E-state index contributed by atoms with van der Waals surface area (Å²) >= 11 is 0. The summed E-state index contributed by atoms with van der Waals surface area (Å²) < 4.78 is 0. The van der Waals surface area contributed by atoms with E-state index in [1.807, 2.05) is 24.3 Å². The number of rotatable bonds is 15. The number of hydrogen-bond acceptors (Lipinski definition) is 10. The van der Waals surface area contributed by atoms with E-state index in [1.165, 1.54) is 0 Å². The summed E-state index contributed by atoms with van der Waals surface area (Å²) in [5, 5.41) is 21.7. The van der Waals surface area contributed by atoms with E-state index in [1.54, 1.807) is 18.2 Å². The molecule has 4 bridgehead atoms. The highest BCUT2D eigenvalue weighted by molar-refractivity contribution is 5.93. The van der Waals surface area contributed by atoms with Gasteiger partial charge in [-0.1, -0.05) is 30.3 Å². The van der Waals surface area contributed by atoms with Gasteiger partial charge in [0.15, 0.2) is 0 Å². The lowest BCUT2D eigenvalue weighted by atomic mass is 9.96. The van der Waals surface area contributed by atoms with E-state index in [-0.39, 0.29) is 42.9 Å². The number of phenolic OH excluding ortho intramolecular Hbond substituents is 1. The molecule has 0 aromatic heterocycles. The molecule has 2 aromatic rings. The van der Waals surface area contributed by atoms with Gasteiger partial charge in [-0.15, -0.1) is 0 Å². The third-order valence-electron chi connectivity index (χ3n) is 8.41. The Hall–Kier alpha value is -4.08. The van der Waals surface area contributed by atoms with E-state index in [0.29, 0.717) is 57.4 Å². The van der Waals surface area contributed by atoms with Crippen LogP contribution in [-0.2, 0) is 32.0 Å². The summed E-state index contributed by atoms with van der Waals surface area (Å²) in [7, 11) is 0. The van der Waals surface area contributed by atoms with Crippen LogP contribution in [0.1, 0.15) is 56.1 Å². The number of amides is 4. The number of nitrogens with one attached hydrogen (secondary N) is 4. The monoisotopic (exact) mass is 667 g/mol. The molecule has 264 valence electrons. The molecule has 4 amide bonds. The maximum Gasteiger partial charge on any atom is 0.243 e. The fourth-order valence-corrected chi connectivity index (χ4v) is 5.52. The number of nitrogens with two attached hydrogens (primary N) is 5. The first-order valence-corrected chi connectivity index (χ1v) is 16.8. The van der Waals surface area contributed by atoms with Crippen molar-refractivity contribution >= 4 is 23.6 Å². The third kappa shape index (κ3) is 12.2. The second kappa shape index (κ2) is 19.7. The lowest BCUT2D eigenvalue weighted by Gasteiger charge is -2.24. The Bertz CT molecular complexity index is 1370. The highest BCUT2D eigenvalue weighted by Gasteiger charge is 2.29. The third-order valence-corrected chi connectivity index (χ3v) is 8.41. The molecule has 14 nitrogen and oxygen atoms in total. The van der Waals surface area contributed by atoms with E-state index in [0.717, 1.165) is 29.5 Å². The first-order chi connectivity index (χ1) is 23.0. The molecule has 0 unspecified atom stereocenters. The summed E-state index contributed by atoms with van der Waals surface area (Å²) in [5.41, 5.74) is 32.4.